The number of piperazine rings is 1. The first-order valence-corrected chi connectivity index (χ1v) is 11.8. The number of carbonyl (C=O) groups is 1. The van der Waals surface area contributed by atoms with Crippen LogP contribution < -0.4 is 0 Å². The van der Waals surface area contributed by atoms with Gasteiger partial charge in [-0.25, -0.2) is 4.98 Å². The number of halogens is 1. The maximum Gasteiger partial charge on any atom is 0.265 e. The van der Waals surface area contributed by atoms with Gasteiger partial charge in [-0.15, -0.1) is 34.0 Å². The molecular weight excluding hydrogens is 418 g/mol. The first kappa shape index (κ1) is 19.1. The number of nitrogens with zero attached hydrogens (tertiary/aromatic N) is 3. The van der Waals surface area contributed by atoms with E-state index in [1.54, 1.807) is 0 Å². The van der Waals surface area contributed by atoms with Gasteiger partial charge in [-0.05, 0) is 36.9 Å². The lowest BCUT2D eigenvalue weighted by Crippen LogP contribution is -2.49. The number of hydrogen-bond donors (Lipinski definition) is 0. The molecule has 27 heavy (non-hydrogen) atoms. The van der Waals surface area contributed by atoms with Gasteiger partial charge in [0, 0.05) is 37.6 Å². The van der Waals surface area contributed by atoms with E-state index in [1.165, 1.54) is 27.6 Å². The fourth-order valence-electron chi connectivity index (χ4n) is 3.17. The van der Waals surface area contributed by atoms with Crippen molar-refractivity contribution in [3.8, 4) is 9.88 Å². The standard InChI is InChI=1S/C19H20ClN3OS3/c1-13-17(27-18(21-13)15-4-5-16(20)26-15)19(24)23-10-8-22(9-11-23)7-6-14-3-2-12-25-14/h2-5,12H,6-11H2,1H3. The summed E-state index contributed by atoms with van der Waals surface area (Å²) >= 11 is 10.8. The third-order valence-corrected chi connectivity index (χ3v) is 8.17. The van der Waals surface area contributed by atoms with Crippen LogP contribution in [0.15, 0.2) is 29.6 Å². The molecule has 0 N–H and O–H groups in total. The predicted molar refractivity (Wildman–Crippen MR) is 116 cm³/mol. The SMILES string of the molecule is Cc1nc(-c2ccc(Cl)s2)sc1C(=O)N1CCN(CCc2cccs2)CC1. The van der Waals surface area contributed by atoms with Crippen LogP contribution in [0, 0.1) is 6.92 Å². The molecule has 1 aliphatic heterocycles. The first-order valence-electron chi connectivity index (χ1n) is 8.87. The Morgan fingerprint density at radius 2 is 2.00 bits per heavy atom. The zero-order valence-corrected chi connectivity index (χ0v) is 18.2. The molecule has 1 fully saturated rings. The zero-order valence-electron chi connectivity index (χ0n) is 15.0. The van der Waals surface area contributed by atoms with Crippen LogP contribution in [0.5, 0.6) is 0 Å². The van der Waals surface area contributed by atoms with Gasteiger partial charge in [0.2, 0.25) is 0 Å². The summed E-state index contributed by atoms with van der Waals surface area (Å²) in [5.41, 5.74) is 0.810. The molecule has 0 aliphatic carbocycles. The topological polar surface area (TPSA) is 36.4 Å². The number of thiazole rings is 1. The summed E-state index contributed by atoms with van der Waals surface area (Å²) in [6.45, 7) is 6.40. The number of thiophene rings is 2. The molecule has 8 heteroatoms. The zero-order chi connectivity index (χ0) is 18.8. The Morgan fingerprint density at radius 1 is 1.19 bits per heavy atom. The minimum atomic E-state index is 0.108. The maximum absolute atomic E-state index is 13.0. The highest BCUT2D eigenvalue weighted by Gasteiger charge is 2.25. The molecule has 4 rings (SSSR count). The van der Waals surface area contributed by atoms with E-state index in [1.807, 2.05) is 35.3 Å². The fraction of sp³-hybridized carbons (Fsp3) is 0.368. The summed E-state index contributed by atoms with van der Waals surface area (Å²) in [4.78, 5) is 25.2. The van der Waals surface area contributed by atoms with Gasteiger partial charge in [-0.1, -0.05) is 17.7 Å². The summed E-state index contributed by atoms with van der Waals surface area (Å²) in [6.07, 6.45) is 1.09. The minimum Gasteiger partial charge on any atom is -0.335 e. The summed E-state index contributed by atoms with van der Waals surface area (Å²) < 4.78 is 0.740. The van der Waals surface area contributed by atoms with Crippen molar-refractivity contribution in [2.75, 3.05) is 32.7 Å². The van der Waals surface area contributed by atoms with Gasteiger partial charge in [-0.2, -0.15) is 0 Å². The van der Waals surface area contributed by atoms with Gasteiger partial charge in [0.15, 0.2) is 0 Å². The summed E-state index contributed by atoms with van der Waals surface area (Å²) in [5, 5.41) is 3.00. The molecule has 4 nitrogen and oxygen atoms in total. The van der Waals surface area contributed by atoms with Crippen LogP contribution in [0.4, 0.5) is 0 Å². The summed E-state index contributed by atoms with van der Waals surface area (Å²) in [5.74, 6) is 0.108. The second-order valence-electron chi connectivity index (χ2n) is 6.50. The van der Waals surface area contributed by atoms with E-state index < -0.39 is 0 Å². The lowest BCUT2D eigenvalue weighted by molar-refractivity contribution is 0.0642. The lowest BCUT2D eigenvalue weighted by Gasteiger charge is -2.34. The number of amides is 1. The Hall–Kier alpha value is -1.25. The van der Waals surface area contributed by atoms with Crippen molar-refractivity contribution < 1.29 is 4.79 Å². The van der Waals surface area contributed by atoms with Gasteiger partial charge in [-0.3, -0.25) is 9.69 Å². The minimum absolute atomic E-state index is 0.108. The molecule has 0 bridgehead atoms. The van der Waals surface area contributed by atoms with Crippen molar-refractivity contribution in [2.45, 2.75) is 13.3 Å². The molecule has 0 unspecified atom stereocenters. The highest BCUT2D eigenvalue weighted by Crippen LogP contribution is 2.35. The average molecular weight is 438 g/mol. The van der Waals surface area contributed by atoms with E-state index in [0.29, 0.717) is 0 Å². The molecule has 1 aliphatic rings. The Balaban J connectivity index is 1.36. The first-order chi connectivity index (χ1) is 13.1. The van der Waals surface area contributed by atoms with Crippen molar-refractivity contribution in [3.05, 3.63) is 49.4 Å². The molecule has 1 amide bonds. The van der Waals surface area contributed by atoms with E-state index in [-0.39, 0.29) is 5.91 Å². The van der Waals surface area contributed by atoms with Crippen LogP contribution in [-0.2, 0) is 6.42 Å². The smallest absolute Gasteiger partial charge is 0.265 e. The van der Waals surface area contributed by atoms with Gasteiger partial charge in [0.1, 0.15) is 9.88 Å². The molecule has 3 aromatic heterocycles. The molecule has 0 radical (unpaired) electrons. The Morgan fingerprint density at radius 3 is 2.67 bits per heavy atom. The van der Waals surface area contributed by atoms with E-state index in [4.69, 9.17) is 11.6 Å². The van der Waals surface area contributed by atoms with Crippen molar-refractivity contribution in [2.24, 2.45) is 0 Å². The maximum atomic E-state index is 13.0. The quantitative estimate of drug-likeness (QED) is 0.569. The van der Waals surface area contributed by atoms with E-state index in [0.717, 1.165) is 63.9 Å². The van der Waals surface area contributed by atoms with Crippen LogP contribution in [0.25, 0.3) is 9.88 Å². The molecule has 0 spiro atoms. The highest BCUT2D eigenvalue weighted by molar-refractivity contribution is 7.24. The normalized spacial score (nSPS) is 15.4. The van der Waals surface area contributed by atoms with E-state index in [2.05, 4.69) is 27.4 Å². The summed E-state index contributed by atoms with van der Waals surface area (Å²) in [6, 6.07) is 8.13. The fourth-order valence-corrected chi connectivity index (χ4v) is 6.00. The molecule has 142 valence electrons. The third-order valence-electron chi connectivity index (χ3n) is 4.69. The second kappa shape index (κ2) is 8.41. The Bertz CT molecular complexity index is 911. The highest BCUT2D eigenvalue weighted by atomic mass is 35.5. The number of rotatable bonds is 5. The third kappa shape index (κ3) is 4.43. The van der Waals surface area contributed by atoms with Crippen LogP contribution in [0.1, 0.15) is 20.2 Å². The predicted octanol–water partition coefficient (Wildman–Crippen LogP) is 4.90. The van der Waals surface area contributed by atoms with Gasteiger partial charge in [0.05, 0.1) is 14.9 Å². The Kier molecular flexibility index (Phi) is 5.94. The second-order valence-corrected chi connectivity index (χ2v) is 10.2. The summed E-state index contributed by atoms with van der Waals surface area (Å²) in [7, 11) is 0. The molecule has 0 saturated carbocycles. The van der Waals surface area contributed by atoms with Crippen molar-refractivity contribution in [3.63, 3.8) is 0 Å². The molecule has 0 atom stereocenters. The van der Waals surface area contributed by atoms with Crippen LogP contribution >= 0.6 is 45.6 Å². The van der Waals surface area contributed by atoms with Crippen LogP contribution in [0.2, 0.25) is 4.34 Å². The number of aryl methyl sites for hydroxylation is 1. The molecular formula is C19H20ClN3OS3. The monoisotopic (exact) mass is 437 g/mol. The largest absolute Gasteiger partial charge is 0.335 e. The van der Waals surface area contributed by atoms with Crippen molar-refractivity contribution >= 4 is 51.5 Å². The van der Waals surface area contributed by atoms with Crippen molar-refractivity contribution in [1.82, 2.24) is 14.8 Å². The Labute approximate surface area is 176 Å². The van der Waals surface area contributed by atoms with Crippen LogP contribution in [-0.4, -0.2) is 53.4 Å². The number of aromatic nitrogens is 1. The van der Waals surface area contributed by atoms with E-state index in [9.17, 15) is 4.79 Å². The molecule has 1 saturated heterocycles. The molecule has 0 aromatic carbocycles. The van der Waals surface area contributed by atoms with Gasteiger partial charge < -0.3 is 4.90 Å². The van der Waals surface area contributed by atoms with Gasteiger partial charge >= 0.3 is 0 Å². The van der Waals surface area contributed by atoms with Gasteiger partial charge in [0.25, 0.3) is 5.91 Å². The number of hydrogen-bond acceptors (Lipinski definition) is 6. The van der Waals surface area contributed by atoms with Crippen LogP contribution in [0.3, 0.4) is 0 Å². The molecule has 4 heterocycles. The van der Waals surface area contributed by atoms with Crippen molar-refractivity contribution in [1.29, 1.82) is 0 Å². The number of carbonyl (C=O) groups excluding carboxylic acids is 1. The van der Waals surface area contributed by atoms with E-state index >= 15 is 0 Å². The average Bonchev–Trinajstić information content (AvgIpc) is 3.41. The molecule has 3 aromatic rings. The lowest BCUT2D eigenvalue weighted by atomic mass is 10.2.